The van der Waals surface area contributed by atoms with Gasteiger partial charge in [0.2, 0.25) is 11.8 Å². The number of hydrogen-bond acceptors (Lipinski definition) is 4. The molecule has 3 rings (SSSR count). The van der Waals surface area contributed by atoms with Crippen LogP contribution in [0.15, 0.2) is 36.4 Å². The minimum absolute atomic E-state index is 0.0408. The number of benzene rings is 2. The van der Waals surface area contributed by atoms with Crippen molar-refractivity contribution in [2.24, 2.45) is 0 Å². The summed E-state index contributed by atoms with van der Waals surface area (Å²) in [5, 5.41) is 0. The summed E-state index contributed by atoms with van der Waals surface area (Å²) in [5.74, 6) is -2.39. The zero-order valence-electron chi connectivity index (χ0n) is 20.2. The van der Waals surface area contributed by atoms with Crippen LogP contribution in [0.1, 0.15) is 38.2 Å². The summed E-state index contributed by atoms with van der Waals surface area (Å²) in [6.45, 7) is 4.12. The van der Waals surface area contributed by atoms with Gasteiger partial charge < -0.3 is 19.4 Å². The van der Waals surface area contributed by atoms with Gasteiger partial charge in [-0.2, -0.15) is 0 Å². The van der Waals surface area contributed by atoms with Gasteiger partial charge in [-0.25, -0.2) is 13.2 Å². The summed E-state index contributed by atoms with van der Waals surface area (Å²) in [6, 6.07) is 7.65. The molecular weight excluding hydrogens is 459 g/mol. The Morgan fingerprint density at radius 2 is 1.57 bits per heavy atom. The number of nitrogens with zero attached hydrogens (tertiary/aromatic N) is 3. The minimum atomic E-state index is -1.03. The molecule has 190 valence electrons. The van der Waals surface area contributed by atoms with Crippen molar-refractivity contribution in [1.82, 2.24) is 9.80 Å². The topological polar surface area (TPSA) is 53.1 Å². The van der Waals surface area contributed by atoms with Crippen molar-refractivity contribution in [3.05, 3.63) is 59.4 Å². The van der Waals surface area contributed by atoms with Gasteiger partial charge in [0.05, 0.1) is 18.7 Å². The van der Waals surface area contributed by atoms with Gasteiger partial charge in [0.25, 0.3) is 0 Å². The summed E-state index contributed by atoms with van der Waals surface area (Å²) in [4.78, 5) is 31.0. The van der Waals surface area contributed by atoms with Crippen LogP contribution >= 0.6 is 0 Å². The van der Waals surface area contributed by atoms with Crippen LogP contribution in [-0.4, -0.2) is 61.4 Å². The van der Waals surface area contributed by atoms with Gasteiger partial charge in [0.1, 0.15) is 11.6 Å². The van der Waals surface area contributed by atoms with Gasteiger partial charge in [-0.3, -0.25) is 9.59 Å². The predicted octanol–water partition coefficient (Wildman–Crippen LogP) is 4.37. The molecule has 0 fully saturated rings. The zero-order chi connectivity index (χ0) is 25.4. The smallest absolute Gasteiger partial charge is 0.226 e. The Morgan fingerprint density at radius 3 is 2.26 bits per heavy atom. The van der Waals surface area contributed by atoms with Crippen LogP contribution < -0.4 is 9.64 Å². The second kappa shape index (κ2) is 12.6. The average molecular weight is 492 g/mol. The number of carbonyl (C=O) groups excluding carboxylic acids is 2. The summed E-state index contributed by atoms with van der Waals surface area (Å²) in [5.41, 5.74) is 0.673. The van der Waals surface area contributed by atoms with Crippen molar-refractivity contribution in [3.8, 4) is 5.75 Å². The molecule has 2 aromatic carbocycles. The van der Waals surface area contributed by atoms with E-state index in [-0.39, 0.29) is 43.6 Å². The van der Waals surface area contributed by atoms with Crippen molar-refractivity contribution in [1.29, 1.82) is 0 Å². The molecule has 0 aromatic heterocycles. The van der Waals surface area contributed by atoms with Gasteiger partial charge in [0.15, 0.2) is 11.6 Å². The highest BCUT2D eigenvalue weighted by atomic mass is 19.2. The number of hydrogen-bond donors (Lipinski definition) is 0. The van der Waals surface area contributed by atoms with E-state index in [4.69, 9.17) is 4.74 Å². The Morgan fingerprint density at radius 1 is 0.914 bits per heavy atom. The lowest BCUT2D eigenvalue weighted by atomic mass is 10.1. The molecule has 0 unspecified atom stereocenters. The number of ether oxygens (including phenoxy) is 1. The van der Waals surface area contributed by atoms with Crippen molar-refractivity contribution < 1.29 is 27.5 Å². The maximum Gasteiger partial charge on any atom is 0.226 e. The number of carbonyl (C=O) groups is 2. The van der Waals surface area contributed by atoms with Crippen molar-refractivity contribution in [2.45, 2.75) is 39.2 Å². The first-order valence-electron chi connectivity index (χ1n) is 11.9. The van der Waals surface area contributed by atoms with Gasteiger partial charge in [-0.15, -0.1) is 0 Å². The summed E-state index contributed by atoms with van der Waals surface area (Å²) in [6.07, 6.45) is 1.67. The second-order valence-electron chi connectivity index (χ2n) is 8.67. The standard InChI is InChI=1S/C26H32F3N3O3/c1-3-25(33)32-14-5-12-30(2)11-4-13-31(18-19-16-22(28)23(29)17-24(19)32)26(34)10-15-35-21-8-6-20(27)7-9-21/h6-9,16-17H,3-5,10-15,18H2,1-2H3. The van der Waals surface area contributed by atoms with E-state index < -0.39 is 11.6 Å². The maximum atomic E-state index is 14.2. The van der Waals surface area contributed by atoms with Crippen molar-refractivity contribution in [3.63, 3.8) is 0 Å². The highest BCUT2D eigenvalue weighted by Gasteiger charge is 2.24. The number of rotatable bonds is 5. The Balaban J connectivity index is 1.83. The summed E-state index contributed by atoms with van der Waals surface area (Å²) >= 11 is 0. The summed E-state index contributed by atoms with van der Waals surface area (Å²) in [7, 11) is 1.98. The Labute approximate surface area is 204 Å². The molecule has 0 radical (unpaired) electrons. The molecular formula is C26H32F3N3O3. The molecule has 2 amide bonds. The van der Waals surface area contributed by atoms with Crippen LogP contribution in [0.25, 0.3) is 0 Å². The van der Waals surface area contributed by atoms with E-state index in [1.807, 2.05) is 7.05 Å². The number of anilines is 1. The fourth-order valence-corrected chi connectivity index (χ4v) is 4.11. The third-order valence-electron chi connectivity index (χ3n) is 6.02. The van der Waals surface area contributed by atoms with Crippen molar-refractivity contribution >= 4 is 17.5 Å². The molecule has 9 heteroatoms. The molecule has 0 atom stereocenters. The Kier molecular flexibility index (Phi) is 9.54. The van der Waals surface area contributed by atoms with Gasteiger partial charge in [-0.1, -0.05) is 6.92 Å². The molecule has 0 spiro atoms. The highest BCUT2D eigenvalue weighted by molar-refractivity contribution is 5.94. The average Bonchev–Trinajstić information content (AvgIpc) is 2.83. The lowest BCUT2D eigenvalue weighted by molar-refractivity contribution is -0.132. The van der Waals surface area contributed by atoms with E-state index >= 15 is 0 Å². The van der Waals surface area contributed by atoms with Gasteiger partial charge >= 0.3 is 0 Å². The number of fused-ring (bicyclic) bond motifs is 1. The monoisotopic (exact) mass is 491 g/mol. The van der Waals surface area contributed by atoms with E-state index in [0.717, 1.165) is 25.2 Å². The molecule has 6 nitrogen and oxygen atoms in total. The molecule has 0 N–H and O–H groups in total. The number of amides is 2. The zero-order valence-corrected chi connectivity index (χ0v) is 20.2. The predicted molar refractivity (Wildman–Crippen MR) is 128 cm³/mol. The molecule has 0 bridgehead atoms. The van der Waals surface area contributed by atoms with Gasteiger partial charge in [0, 0.05) is 32.1 Å². The first kappa shape index (κ1) is 26.5. The molecule has 0 saturated carbocycles. The first-order valence-corrected chi connectivity index (χ1v) is 11.9. The van der Waals surface area contributed by atoms with E-state index in [1.54, 1.807) is 11.8 Å². The Bertz CT molecular complexity index is 1020. The van der Waals surface area contributed by atoms with Crippen LogP contribution in [0.2, 0.25) is 0 Å². The fraction of sp³-hybridized carbons (Fsp3) is 0.462. The molecule has 1 heterocycles. The third-order valence-corrected chi connectivity index (χ3v) is 6.02. The van der Waals surface area contributed by atoms with Crippen LogP contribution in [-0.2, 0) is 16.1 Å². The van der Waals surface area contributed by atoms with E-state index in [2.05, 4.69) is 4.90 Å². The number of halogens is 3. The van der Waals surface area contributed by atoms with E-state index in [0.29, 0.717) is 42.9 Å². The van der Waals surface area contributed by atoms with E-state index in [9.17, 15) is 22.8 Å². The molecule has 35 heavy (non-hydrogen) atoms. The van der Waals surface area contributed by atoms with E-state index in [1.165, 1.54) is 29.2 Å². The largest absolute Gasteiger partial charge is 0.493 e. The molecule has 0 saturated heterocycles. The quantitative estimate of drug-likeness (QED) is 0.624. The summed E-state index contributed by atoms with van der Waals surface area (Å²) < 4.78 is 47.1. The lowest BCUT2D eigenvalue weighted by Crippen LogP contribution is -2.38. The fourth-order valence-electron chi connectivity index (χ4n) is 4.11. The lowest BCUT2D eigenvalue weighted by Gasteiger charge is -2.31. The minimum Gasteiger partial charge on any atom is -0.493 e. The van der Waals surface area contributed by atoms with Crippen molar-refractivity contribution in [2.75, 3.05) is 44.7 Å². The van der Waals surface area contributed by atoms with Gasteiger partial charge in [-0.05, 0) is 68.9 Å². The highest BCUT2D eigenvalue weighted by Crippen LogP contribution is 2.27. The molecule has 2 aromatic rings. The Hall–Kier alpha value is -3.07. The van der Waals surface area contributed by atoms with Crippen LogP contribution in [0, 0.1) is 17.5 Å². The molecule has 0 aliphatic carbocycles. The van der Waals surface area contributed by atoms with Crippen LogP contribution in [0.3, 0.4) is 0 Å². The second-order valence-corrected chi connectivity index (χ2v) is 8.67. The molecule has 1 aliphatic rings. The van der Waals surface area contributed by atoms with Crippen LogP contribution in [0.5, 0.6) is 5.75 Å². The normalized spacial score (nSPS) is 15.7. The first-order chi connectivity index (χ1) is 16.8. The third kappa shape index (κ3) is 7.45. The maximum absolute atomic E-state index is 14.2. The van der Waals surface area contributed by atoms with Crippen LogP contribution in [0.4, 0.5) is 18.9 Å². The molecule has 1 aliphatic heterocycles. The SMILES string of the molecule is CCC(=O)N1CCCN(C)CCCN(C(=O)CCOc2ccc(F)cc2)Cc2cc(F)c(F)cc21.